The molecule has 1 aliphatic heterocycles. The summed E-state index contributed by atoms with van der Waals surface area (Å²) < 4.78 is 72.5. The first kappa shape index (κ1) is 22.6. The molecule has 0 aromatic heterocycles. The van der Waals surface area contributed by atoms with E-state index < -0.39 is 32.6 Å². The zero-order chi connectivity index (χ0) is 21.9. The lowest BCUT2D eigenvalue weighted by Crippen LogP contribution is -2.29. The fourth-order valence-electron chi connectivity index (χ4n) is 3.93. The highest BCUT2D eigenvalue weighted by atomic mass is 32.2. The van der Waals surface area contributed by atoms with E-state index in [2.05, 4.69) is 5.32 Å². The van der Waals surface area contributed by atoms with Crippen LogP contribution in [0.4, 0.5) is 13.2 Å². The van der Waals surface area contributed by atoms with Gasteiger partial charge in [-0.3, -0.25) is 0 Å². The average Bonchev–Trinajstić information content (AvgIpc) is 2.70. The maximum atomic E-state index is 14.2. The minimum Gasteiger partial charge on any atom is -0.493 e. The number of halogens is 3. The van der Waals surface area contributed by atoms with Crippen molar-refractivity contribution in [2.24, 2.45) is 5.14 Å². The number of para-hydroxylation sites is 1. The first-order valence-corrected chi connectivity index (χ1v) is 11.4. The zero-order valence-electron chi connectivity index (χ0n) is 16.6. The molecular weight excluding hydrogens is 417 g/mol. The van der Waals surface area contributed by atoms with E-state index in [9.17, 15) is 21.6 Å². The third-order valence-corrected chi connectivity index (χ3v) is 6.14. The summed E-state index contributed by atoms with van der Waals surface area (Å²) in [6.45, 7) is 3.46. The first-order valence-electron chi connectivity index (χ1n) is 9.84. The first-order chi connectivity index (χ1) is 14.1. The lowest BCUT2D eigenvalue weighted by molar-refractivity contribution is -0.140. The predicted octanol–water partition coefficient (Wildman–Crippen LogP) is 4.28. The number of nitrogens with two attached hydrogens (primary N) is 1. The van der Waals surface area contributed by atoms with Crippen molar-refractivity contribution in [3.05, 3.63) is 47.5 Å². The maximum Gasteiger partial charge on any atom is 0.418 e. The predicted molar refractivity (Wildman–Crippen MR) is 109 cm³/mol. The van der Waals surface area contributed by atoms with E-state index in [1.807, 2.05) is 6.92 Å². The molecule has 0 saturated carbocycles. The minimum atomic E-state index is -4.88. The summed E-state index contributed by atoms with van der Waals surface area (Å²) in [5.74, 6) is 0.00446. The molecule has 164 valence electrons. The molecule has 9 heteroatoms. The normalized spacial score (nSPS) is 15.9. The summed E-state index contributed by atoms with van der Waals surface area (Å²) >= 11 is 0. The molecule has 3 N–H and O–H groups in total. The number of hydrogen-bond donors (Lipinski definition) is 2. The Labute approximate surface area is 174 Å². The maximum absolute atomic E-state index is 14.2. The van der Waals surface area contributed by atoms with Gasteiger partial charge in [-0.1, -0.05) is 31.2 Å². The molecule has 1 heterocycles. The summed E-state index contributed by atoms with van der Waals surface area (Å²) in [7, 11) is -4.57. The van der Waals surface area contributed by atoms with Gasteiger partial charge in [-0.2, -0.15) is 13.2 Å². The molecule has 30 heavy (non-hydrogen) atoms. The monoisotopic (exact) mass is 442 g/mol. The van der Waals surface area contributed by atoms with Gasteiger partial charge >= 0.3 is 6.18 Å². The number of rotatable bonds is 6. The Bertz CT molecular complexity index is 1000. The summed E-state index contributed by atoms with van der Waals surface area (Å²) in [6.07, 6.45) is -3.21. The summed E-state index contributed by atoms with van der Waals surface area (Å²) in [4.78, 5) is -0.890. The SMILES string of the molecule is CCCOc1ccccc1-c1ccc(S(N)(=O)=O)c(C(F)(F)F)c1C1CCNCC1. The van der Waals surface area contributed by atoms with E-state index in [0.717, 1.165) is 12.5 Å². The number of nitrogens with one attached hydrogen (secondary N) is 1. The average molecular weight is 443 g/mol. The van der Waals surface area contributed by atoms with Crippen LogP contribution in [-0.4, -0.2) is 28.1 Å². The van der Waals surface area contributed by atoms with E-state index in [4.69, 9.17) is 9.88 Å². The second-order valence-corrected chi connectivity index (χ2v) is 8.84. The van der Waals surface area contributed by atoms with E-state index >= 15 is 0 Å². The summed E-state index contributed by atoms with van der Waals surface area (Å²) in [5, 5.41) is 8.31. The van der Waals surface area contributed by atoms with Gasteiger partial charge in [0.1, 0.15) is 5.75 Å². The molecule has 2 aromatic rings. The van der Waals surface area contributed by atoms with Gasteiger partial charge in [-0.15, -0.1) is 0 Å². The van der Waals surface area contributed by atoms with Gasteiger partial charge in [0.2, 0.25) is 10.0 Å². The quantitative estimate of drug-likeness (QED) is 0.700. The fraction of sp³-hybridized carbons (Fsp3) is 0.429. The second kappa shape index (κ2) is 8.95. The molecular formula is C21H25F3N2O3S. The Morgan fingerprint density at radius 3 is 2.37 bits per heavy atom. The van der Waals surface area contributed by atoms with Crippen molar-refractivity contribution < 1.29 is 26.3 Å². The fourth-order valence-corrected chi connectivity index (χ4v) is 4.69. The highest BCUT2D eigenvalue weighted by Crippen LogP contribution is 2.47. The number of primary sulfonamides is 1. The van der Waals surface area contributed by atoms with Gasteiger partial charge in [0.25, 0.3) is 0 Å². The number of piperidine rings is 1. The Hall–Kier alpha value is -2.10. The molecule has 1 aliphatic rings. The molecule has 0 atom stereocenters. The number of sulfonamides is 1. The molecule has 0 amide bonds. The van der Waals surface area contributed by atoms with Crippen LogP contribution in [0, 0.1) is 0 Å². The van der Waals surface area contributed by atoms with E-state index in [-0.39, 0.29) is 5.56 Å². The second-order valence-electron chi connectivity index (χ2n) is 7.31. The van der Waals surface area contributed by atoms with Crippen LogP contribution in [0.5, 0.6) is 5.75 Å². The summed E-state index contributed by atoms with van der Waals surface area (Å²) in [5.41, 5.74) is -0.359. The van der Waals surface area contributed by atoms with Crippen LogP contribution in [0.3, 0.4) is 0 Å². The number of ether oxygens (including phenoxy) is 1. The standard InChI is InChI=1S/C21H25F3N2O3S/c1-2-13-29-17-6-4-3-5-15(17)16-7-8-18(30(25,27)28)20(21(22,23)24)19(16)14-9-11-26-12-10-14/h3-8,14,26H,2,9-13H2,1H3,(H2,25,27,28). The van der Waals surface area contributed by atoms with Gasteiger partial charge in [0.05, 0.1) is 17.1 Å². The van der Waals surface area contributed by atoms with Gasteiger partial charge in [-0.05, 0) is 61.5 Å². The van der Waals surface area contributed by atoms with Crippen LogP contribution in [0.1, 0.15) is 43.2 Å². The number of benzene rings is 2. The van der Waals surface area contributed by atoms with Crippen molar-refractivity contribution >= 4 is 10.0 Å². The van der Waals surface area contributed by atoms with E-state index in [0.29, 0.717) is 49.4 Å². The molecule has 0 radical (unpaired) electrons. The van der Waals surface area contributed by atoms with Crippen LogP contribution in [0.15, 0.2) is 41.3 Å². The van der Waals surface area contributed by atoms with Crippen LogP contribution >= 0.6 is 0 Å². The molecule has 5 nitrogen and oxygen atoms in total. The van der Waals surface area contributed by atoms with Crippen LogP contribution in [-0.2, 0) is 16.2 Å². The van der Waals surface area contributed by atoms with Crippen LogP contribution in [0.25, 0.3) is 11.1 Å². The third kappa shape index (κ3) is 4.79. The molecule has 1 saturated heterocycles. The number of hydrogen-bond acceptors (Lipinski definition) is 4. The largest absolute Gasteiger partial charge is 0.493 e. The third-order valence-electron chi connectivity index (χ3n) is 5.18. The molecule has 0 spiro atoms. The van der Waals surface area contributed by atoms with Crippen molar-refractivity contribution in [1.82, 2.24) is 5.32 Å². The summed E-state index contributed by atoms with van der Waals surface area (Å²) in [6, 6.07) is 9.25. The van der Waals surface area contributed by atoms with Crippen molar-refractivity contribution in [2.75, 3.05) is 19.7 Å². The van der Waals surface area contributed by atoms with Gasteiger partial charge in [-0.25, -0.2) is 13.6 Å². The van der Waals surface area contributed by atoms with Crippen molar-refractivity contribution in [1.29, 1.82) is 0 Å². The lowest BCUT2D eigenvalue weighted by Gasteiger charge is -2.29. The minimum absolute atomic E-state index is 0.0249. The molecule has 3 rings (SSSR count). The van der Waals surface area contributed by atoms with E-state index in [1.165, 1.54) is 6.07 Å². The molecule has 0 aliphatic carbocycles. The van der Waals surface area contributed by atoms with Gasteiger partial charge in [0, 0.05) is 5.56 Å². The lowest BCUT2D eigenvalue weighted by atomic mass is 9.81. The molecule has 2 aromatic carbocycles. The Kier molecular flexibility index (Phi) is 6.74. The van der Waals surface area contributed by atoms with Gasteiger partial charge < -0.3 is 10.1 Å². The highest BCUT2D eigenvalue weighted by molar-refractivity contribution is 7.89. The van der Waals surface area contributed by atoms with E-state index in [1.54, 1.807) is 24.3 Å². The number of alkyl halides is 3. The molecule has 0 unspecified atom stereocenters. The Morgan fingerprint density at radius 2 is 1.77 bits per heavy atom. The Morgan fingerprint density at radius 1 is 1.10 bits per heavy atom. The van der Waals surface area contributed by atoms with Crippen molar-refractivity contribution in [3.63, 3.8) is 0 Å². The smallest absolute Gasteiger partial charge is 0.418 e. The zero-order valence-corrected chi connectivity index (χ0v) is 17.4. The highest BCUT2D eigenvalue weighted by Gasteiger charge is 2.42. The van der Waals surface area contributed by atoms with Crippen LogP contribution < -0.4 is 15.2 Å². The molecule has 1 fully saturated rings. The Balaban J connectivity index is 2.34. The van der Waals surface area contributed by atoms with Gasteiger partial charge in [0.15, 0.2) is 0 Å². The topological polar surface area (TPSA) is 81.4 Å². The van der Waals surface area contributed by atoms with Crippen molar-refractivity contribution in [3.8, 4) is 16.9 Å². The van der Waals surface area contributed by atoms with Crippen molar-refractivity contribution in [2.45, 2.75) is 43.2 Å². The van der Waals surface area contributed by atoms with Crippen LogP contribution in [0.2, 0.25) is 0 Å². The molecule has 0 bridgehead atoms.